The summed E-state index contributed by atoms with van der Waals surface area (Å²) in [5.74, 6) is 0.751. The lowest BCUT2D eigenvalue weighted by Gasteiger charge is -2.04. The van der Waals surface area contributed by atoms with Gasteiger partial charge in [0.25, 0.3) is 0 Å². The van der Waals surface area contributed by atoms with Gasteiger partial charge in [0.05, 0.1) is 5.69 Å². The molecule has 0 saturated carbocycles. The van der Waals surface area contributed by atoms with Crippen LogP contribution in [0.3, 0.4) is 0 Å². The SMILES string of the molecule is Brc1ccc(-c2ccnc(-c3ccccc3)n2)cc1. The Morgan fingerprint density at radius 1 is 0.737 bits per heavy atom. The van der Waals surface area contributed by atoms with E-state index in [2.05, 4.69) is 25.9 Å². The molecular formula is C16H11BrN2. The van der Waals surface area contributed by atoms with Crippen LogP contribution in [0.1, 0.15) is 0 Å². The molecule has 0 unspecified atom stereocenters. The maximum Gasteiger partial charge on any atom is 0.159 e. The molecule has 0 atom stereocenters. The van der Waals surface area contributed by atoms with E-state index in [0.29, 0.717) is 0 Å². The summed E-state index contributed by atoms with van der Waals surface area (Å²) in [6.07, 6.45) is 1.80. The van der Waals surface area contributed by atoms with Gasteiger partial charge in [-0.25, -0.2) is 9.97 Å². The summed E-state index contributed by atoms with van der Waals surface area (Å²) in [7, 11) is 0. The van der Waals surface area contributed by atoms with Crippen LogP contribution in [0.5, 0.6) is 0 Å². The Morgan fingerprint density at radius 2 is 1.47 bits per heavy atom. The number of rotatable bonds is 2. The van der Waals surface area contributed by atoms with E-state index < -0.39 is 0 Å². The predicted molar refractivity (Wildman–Crippen MR) is 80.6 cm³/mol. The van der Waals surface area contributed by atoms with Gasteiger partial charge in [0, 0.05) is 21.8 Å². The van der Waals surface area contributed by atoms with Gasteiger partial charge >= 0.3 is 0 Å². The van der Waals surface area contributed by atoms with Gasteiger partial charge in [0.2, 0.25) is 0 Å². The molecule has 0 saturated heterocycles. The van der Waals surface area contributed by atoms with Gasteiger partial charge in [0.1, 0.15) is 0 Å². The van der Waals surface area contributed by atoms with E-state index in [4.69, 9.17) is 0 Å². The highest BCUT2D eigenvalue weighted by Crippen LogP contribution is 2.22. The summed E-state index contributed by atoms with van der Waals surface area (Å²) in [5.41, 5.74) is 3.05. The van der Waals surface area contributed by atoms with Gasteiger partial charge in [-0.1, -0.05) is 58.4 Å². The van der Waals surface area contributed by atoms with Crippen molar-refractivity contribution in [2.24, 2.45) is 0 Å². The number of halogens is 1. The summed E-state index contributed by atoms with van der Waals surface area (Å²) < 4.78 is 1.06. The summed E-state index contributed by atoms with van der Waals surface area (Å²) in [5, 5.41) is 0. The maximum absolute atomic E-state index is 4.62. The third-order valence-electron chi connectivity index (χ3n) is 2.83. The van der Waals surface area contributed by atoms with Crippen LogP contribution in [0.25, 0.3) is 22.6 Å². The van der Waals surface area contributed by atoms with E-state index in [9.17, 15) is 0 Å². The lowest BCUT2D eigenvalue weighted by molar-refractivity contribution is 1.18. The minimum Gasteiger partial charge on any atom is -0.237 e. The standard InChI is InChI=1S/C16H11BrN2/c17-14-8-6-12(7-9-14)15-10-11-18-16(19-15)13-4-2-1-3-5-13/h1-11H. The normalized spacial score (nSPS) is 10.4. The molecule has 0 aliphatic carbocycles. The molecule has 0 aliphatic rings. The van der Waals surface area contributed by atoms with Gasteiger partial charge in [-0.3, -0.25) is 0 Å². The van der Waals surface area contributed by atoms with Crippen LogP contribution in [0.2, 0.25) is 0 Å². The smallest absolute Gasteiger partial charge is 0.159 e. The molecule has 0 aliphatic heterocycles. The van der Waals surface area contributed by atoms with Crippen molar-refractivity contribution in [3.8, 4) is 22.6 Å². The molecule has 3 heteroatoms. The molecule has 0 fully saturated rings. The molecule has 0 amide bonds. The number of hydrogen-bond donors (Lipinski definition) is 0. The van der Waals surface area contributed by atoms with Crippen molar-refractivity contribution < 1.29 is 0 Å². The van der Waals surface area contributed by atoms with E-state index in [1.54, 1.807) is 6.20 Å². The van der Waals surface area contributed by atoms with E-state index >= 15 is 0 Å². The fraction of sp³-hybridized carbons (Fsp3) is 0. The minimum absolute atomic E-state index is 0.751. The van der Waals surface area contributed by atoms with E-state index in [1.807, 2.05) is 60.7 Å². The first-order valence-electron chi connectivity index (χ1n) is 5.97. The van der Waals surface area contributed by atoms with Crippen molar-refractivity contribution >= 4 is 15.9 Å². The Kier molecular flexibility index (Phi) is 3.38. The zero-order valence-electron chi connectivity index (χ0n) is 10.1. The van der Waals surface area contributed by atoms with Crippen LogP contribution in [-0.2, 0) is 0 Å². The highest BCUT2D eigenvalue weighted by Gasteiger charge is 2.03. The van der Waals surface area contributed by atoms with Gasteiger partial charge in [-0.15, -0.1) is 0 Å². The molecular weight excluding hydrogens is 300 g/mol. The zero-order chi connectivity index (χ0) is 13.1. The van der Waals surface area contributed by atoms with Crippen molar-refractivity contribution in [1.82, 2.24) is 9.97 Å². The van der Waals surface area contributed by atoms with E-state index in [1.165, 1.54) is 0 Å². The van der Waals surface area contributed by atoms with Gasteiger partial charge < -0.3 is 0 Å². The van der Waals surface area contributed by atoms with Crippen LogP contribution >= 0.6 is 15.9 Å². The van der Waals surface area contributed by atoms with Gasteiger partial charge in [0.15, 0.2) is 5.82 Å². The third kappa shape index (κ3) is 2.71. The number of benzene rings is 2. The average Bonchev–Trinajstić information content (AvgIpc) is 2.49. The summed E-state index contributed by atoms with van der Waals surface area (Å²) in [6, 6.07) is 20.0. The summed E-state index contributed by atoms with van der Waals surface area (Å²) in [4.78, 5) is 8.95. The quantitative estimate of drug-likeness (QED) is 0.692. The Bertz CT molecular complexity index is 679. The first-order valence-corrected chi connectivity index (χ1v) is 6.77. The molecule has 0 spiro atoms. The zero-order valence-corrected chi connectivity index (χ0v) is 11.7. The van der Waals surface area contributed by atoms with Crippen molar-refractivity contribution in [3.05, 3.63) is 71.3 Å². The topological polar surface area (TPSA) is 25.8 Å². The fourth-order valence-corrected chi connectivity index (χ4v) is 2.13. The van der Waals surface area contributed by atoms with Crippen LogP contribution in [-0.4, -0.2) is 9.97 Å². The second kappa shape index (κ2) is 5.33. The Hall–Kier alpha value is -2.00. The van der Waals surface area contributed by atoms with Crippen LogP contribution in [0.4, 0.5) is 0 Å². The van der Waals surface area contributed by atoms with Crippen molar-refractivity contribution in [2.45, 2.75) is 0 Å². The lowest BCUT2D eigenvalue weighted by atomic mass is 10.1. The van der Waals surface area contributed by atoms with E-state index in [-0.39, 0.29) is 0 Å². The van der Waals surface area contributed by atoms with Crippen molar-refractivity contribution in [2.75, 3.05) is 0 Å². The molecule has 3 aromatic rings. The lowest BCUT2D eigenvalue weighted by Crippen LogP contribution is -1.91. The second-order valence-corrected chi connectivity index (χ2v) is 5.05. The molecule has 3 rings (SSSR count). The molecule has 0 N–H and O–H groups in total. The number of aromatic nitrogens is 2. The molecule has 2 nitrogen and oxygen atoms in total. The van der Waals surface area contributed by atoms with Crippen LogP contribution in [0.15, 0.2) is 71.3 Å². The van der Waals surface area contributed by atoms with Crippen LogP contribution < -0.4 is 0 Å². The first kappa shape index (κ1) is 12.1. The largest absolute Gasteiger partial charge is 0.237 e. The monoisotopic (exact) mass is 310 g/mol. The molecule has 1 aromatic heterocycles. The summed E-state index contributed by atoms with van der Waals surface area (Å²) >= 11 is 3.44. The molecule has 2 aromatic carbocycles. The second-order valence-electron chi connectivity index (χ2n) is 4.14. The number of hydrogen-bond acceptors (Lipinski definition) is 2. The van der Waals surface area contributed by atoms with E-state index in [0.717, 1.165) is 27.1 Å². The highest BCUT2D eigenvalue weighted by atomic mass is 79.9. The molecule has 92 valence electrons. The van der Waals surface area contributed by atoms with Crippen molar-refractivity contribution in [1.29, 1.82) is 0 Å². The summed E-state index contributed by atoms with van der Waals surface area (Å²) in [6.45, 7) is 0. The fourth-order valence-electron chi connectivity index (χ4n) is 1.87. The first-order chi connectivity index (χ1) is 9.33. The number of nitrogens with zero attached hydrogens (tertiary/aromatic N) is 2. The average molecular weight is 311 g/mol. The van der Waals surface area contributed by atoms with Gasteiger partial charge in [-0.05, 0) is 18.2 Å². The van der Waals surface area contributed by atoms with Crippen LogP contribution in [0, 0.1) is 0 Å². The Labute approximate surface area is 120 Å². The highest BCUT2D eigenvalue weighted by molar-refractivity contribution is 9.10. The third-order valence-corrected chi connectivity index (χ3v) is 3.36. The Morgan fingerprint density at radius 3 is 2.21 bits per heavy atom. The van der Waals surface area contributed by atoms with Crippen molar-refractivity contribution in [3.63, 3.8) is 0 Å². The minimum atomic E-state index is 0.751. The Balaban J connectivity index is 2.03. The predicted octanol–water partition coefficient (Wildman–Crippen LogP) is 4.57. The molecule has 0 radical (unpaired) electrons. The van der Waals surface area contributed by atoms with Gasteiger partial charge in [-0.2, -0.15) is 0 Å². The molecule has 0 bridgehead atoms. The molecule has 19 heavy (non-hydrogen) atoms. The maximum atomic E-state index is 4.62. The molecule has 1 heterocycles.